The lowest BCUT2D eigenvalue weighted by molar-refractivity contribution is -0.137. The zero-order chi connectivity index (χ0) is 9.14. The van der Waals surface area contributed by atoms with E-state index in [0.29, 0.717) is 4.34 Å². The Morgan fingerprint density at radius 3 is 2.83 bits per heavy atom. The van der Waals surface area contributed by atoms with Gasteiger partial charge in [0.2, 0.25) is 0 Å². The molecule has 0 fully saturated rings. The Morgan fingerprint density at radius 2 is 2.42 bits per heavy atom. The van der Waals surface area contributed by atoms with E-state index >= 15 is 0 Å². The SMILES string of the molecule is CC(CC(=O)O)c1ccc(Cl)s1. The van der Waals surface area contributed by atoms with E-state index in [1.165, 1.54) is 11.3 Å². The van der Waals surface area contributed by atoms with Crippen molar-refractivity contribution in [2.24, 2.45) is 0 Å². The second kappa shape index (κ2) is 3.92. The average molecular weight is 205 g/mol. The zero-order valence-corrected chi connectivity index (χ0v) is 8.15. The highest BCUT2D eigenvalue weighted by Gasteiger charge is 2.11. The predicted molar refractivity (Wildman–Crippen MR) is 50.0 cm³/mol. The van der Waals surface area contributed by atoms with Crippen molar-refractivity contribution < 1.29 is 9.90 Å². The van der Waals surface area contributed by atoms with Crippen LogP contribution in [0.4, 0.5) is 0 Å². The molecule has 0 aliphatic rings. The summed E-state index contributed by atoms with van der Waals surface area (Å²) in [6.07, 6.45) is 0.164. The highest BCUT2D eigenvalue weighted by molar-refractivity contribution is 7.16. The number of halogens is 1. The van der Waals surface area contributed by atoms with Crippen LogP contribution in [0.15, 0.2) is 12.1 Å². The molecule has 1 aromatic heterocycles. The van der Waals surface area contributed by atoms with Crippen molar-refractivity contribution in [1.29, 1.82) is 0 Å². The Kier molecular flexibility index (Phi) is 3.12. The molecular weight excluding hydrogens is 196 g/mol. The fourth-order valence-corrected chi connectivity index (χ4v) is 2.07. The lowest BCUT2D eigenvalue weighted by Gasteiger charge is -2.03. The van der Waals surface area contributed by atoms with E-state index in [2.05, 4.69) is 0 Å². The number of thiophene rings is 1. The first kappa shape index (κ1) is 9.55. The number of carbonyl (C=O) groups is 1. The summed E-state index contributed by atoms with van der Waals surface area (Å²) in [7, 11) is 0. The van der Waals surface area contributed by atoms with E-state index in [4.69, 9.17) is 16.7 Å². The number of rotatable bonds is 3. The predicted octanol–water partition coefficient (Wildman–Crippen LogP) is 2.98. The van der Waals surface area contributed by atoms with Crippen molar-refractivity contribution in [1.82, 2.24) is 0 Å². The second-order valence-corrected chi connectivity index (χ2v) is 4.39. The van der Waals surface area contributed by atoms with Gasteiger partial charge in [-0.1, -0.05) is 18.5 Å². The monoisotopic (exact) mass is 204 g/mol. The molecule has 0 saturated carbocycles. The highest BCUT2D eigenvalue weighted by atomic mass is 35.5. The van der Waals surface area contributed by atoms with Crippen LogP contribution in [0.3, 0.4) is 0 Å². The van der Waals surface area contributed by atoms with Crippen LogP contribution >= 0.6 is 22.9 Å². The van der Waals surface area contributed by atoms with Gasteiger partial charge in [0.25, 0.3) is 0 Å². The summed E-state index contributed by atoms with van der Waals surface area (Å²) >= 11 is 7.15. The minimum atomic E-state index is -0.771. The van der Waals surface area contributed by atoms with Crippen molar-refractivity contribution in [3.8, 4) is 0 Å². The van der Waals surface area contributed by atoms with Gasteiger partial charge in [0.1, 0.15) is 0 Å². The smallest absolute Gasteiger partial charge is 0.303 e. The lowest BCUT2D eigenvalue weighted by atomic mass is 10.1. The highest BCUT2D eigenvalue weighted by Crippen LogP contribution is 2.29. The Bertz CT molecular complexity index is 282. The third kappa shape index (κ3) is 2.50. The number of hydrogen-bond acceptors (Lipinski definition) is 2. The first-order chi connectivity index (χ1) is 5.59. The fourth-order valence-electron chi connectivity index (χ4n) is 0.956. The first-order valence-corrected chi connectivity index (χ1v) is 4.76. The van der Waals surface area contributed by atoms with Gasteiger partial charge in [0.15, 0.2) is 0 Å². The van der Waals surface area contributed by atoms with Crippen molar-refractivity contribution in [3.63, 3.8) is 0 Å². The normalized spacial score (nSPS) is 12.8. The molecule has 1 aromatic rings. The van der Waals surface area contributed by atoms with Gasteiger partial charge in [0.05, 0.1) is 10.8 Å². The molecule has 1 unspecified atom stereocenters. The summed E-state index contributed by atoms with van der Waals surface area (Å²) in [5.41, 5.74) is 0. The quantitative estimate of drug-likeness (QED) is 0.822. The van der Waals surface area contributed by atoms with Gasteiger partial charge in [-0.2, -0.15) is 0 Å². The third-order valence-corrected chi connectivity index (χ3v) is 3.02. The Morgan fingerprint density at radius 1 is 1.75 bits per heavy atom. The van der Waals surface area contributed by atoms with Crippen LogP contribution in [0, 0.1) is 0 Å². The summed E-state index contributed by atoms with van der Waals surface area (Å²) < 4.78 is 0.710. The van der Waals surface area contributed by atoms with Gasteiger partial charge in [-0.25, -0.2) is 0 Å². The molecule has 1 heterocycles. The Hall–Kier alpha value is -0.540. The molecule has 4 heteroatoms. The summed E-state index contributed by atoms with van der Waals surface area (Å²) in [6.45, 7) is 1.89. The van der Waals surface area contributed by atoms with Crippen LogP contribution in [-0.4, -0.2) is 11.1 Å². The largest absolute Gasteiger partial charge is 0.481 e. The van der Waals surface area contributed by atoms with Gasteiger partial charge in [-0.3, -0.25) is 4.79 Å². The van der Waals surface area contributed by atoms with Gasteiger partial charge in [-0.05, 0) is 12.1 Å². The van der Waals surface area contributed by atoms with E-state index in [-0.39, 0.29) is 12.3 Å². The molecule has 0 saturated heterocycles. The number of hydrogen-bond donors (Lipinski definition) is 1. The lowest BCUT2D eigenvalue weighted by Crippen LogP contribution is -2.00. The molecule has 0 aromatic carbocycles. The molecule has 0 aliphatic carbocycles. The fraction of sp³-hybridized carbons (Fsp3) is 0.375. The van der Waals surface area contributed by atoms with E-state index in [1.54, 1.807) is 6.07 Å². The molecule has 1 rings (SSSR count). The maximum atomic E-state index is 10.4. The van der Waals surface area contributed by atoms with Crippen LogP contribution in [-0.2, 0) is 4.79 Å². The van der Waals surface area contributed by atoms with Crippen LogP contribution in [0.5, 0.6) is 0 Å². The molecule has 1 N–H and O–H groups in total. The summed E-state index contributed by atoms with van der Waals surface area (Å²) in [6, 6.07) is 3.67. The van der Waals surface area contributed by atoms with E-state index < -0.39 is 5.97 Å². The summed E-state index contributed by atoms with van der Waals surface area (Å²) in [5, 5.41) is 8.52. The summed E-state index contributed by atoms with van der Waals surface area (Å²) in [4.78, 5) is 11.4. The molecular formula is C8H9ClO2S. The van der Waals surface area contributed by atoms with Crippen molar-refractivity contribution in [2.75, 3.05) is 0 Å². The van der Waals surface area contributed by atoms with Gasteiger partial charge < -0.3 is 5.11 Å². The minimum Gasteiger partial charge on any atom is -0.481 e. The third-order valence-electron chi connectivity index (χ3n) is 1.56. The molecule has 1 atom stereocenters. The molecule has 66 valence electrons. The maximum Gasteiger partial charge on any atom is 0.303 e. The van der Waals surface area contributed by atoms with Crippen LogP contribution in [0.2, 0.25) is 4.34 Å². The Balaban J connectivity index is 2.64. The zero-order valence-electron chi connectivity index (χ0n) is 6.58. The van der Waals surface area contributed by atoms with Crippen molar-refractivity contribution in [3.05, 3.63) is 21.3 Å². The Labute approximate surface area is 79.8 Å². The first-order valence-electron chi connectivity index (χ1n) is 3.56. The second-order valence-electron chi connectivity index (χ2n) is 2.64. The molecule has 0 aliphatic heterocycles. The van der Waals surface area contributed by atoms with Gasteiger partial charge >= 0.3 is 5.97 Å². The summed E-state index contributed by atoms with van der Waals surface area (Å²) in [5.74, 6) is -0.716. The molecule has 2 nitrogen and oxygen atoms in total. The van der Waals surface area contributed by atoms with Gasteiger partial charge in [-0.15, -0.1) is 11.3 Å². The number of carboxylic acid groups (broad SMARTS) is 1. The topological polar surface area (TPSA) is 37.3 Å². The molecule has 0 amide bonds. The number of carboxylic acids is 1. The molecule has 0 bridgehead atoms. The minimum absolute atomic E-state index is 0.0556. The van der Waals surface area contributed by atoms with Crippen LogP contribution in [0.25, 0.3) is 0 Å². The van der Waals surface area contributed by atoms with Gasteiger partial charge in [0, 0.05) is 10.8 Å². The standard InChI is InChI=1S/C8H9ClO2S/c1-5(4-8(10)11)6-2-3-7(9)12-6/h2-3,5H,4H2,1H3,(H,10,11). The number of aliphatic carboxylic acids is 1. The molecule has 0 spiro atoms. The van der Waals surface area contributed by atoms with Crippen molar-refractivity contribution >= 4 is 28.9 Å². The van der Waals surface area contributed by atoms with Crippen LogP contribution in [0.1, 0.15) is 24.1 Å². The maximum absolute atomic E-state index is 10.4. The van der Waals surface area contributed by atoms with Crippen LogP contribution < -0.4 is 0 Å². The van der Waals surface area contributed by atoms with E-state index in [0.717, 1.165) is 4.88 Å². The van der Waals surface area contributed by atoms with E-state index in [9.17, 15) is 4.79 Å². The molecule has 12 heavy (non-hydrogen) atoms. The van der Waals surface area contributed by atoms with Crippen molar-refractivity contribution in [2.45, 2.75) is 19.3 Å². The molecule has 0 radical (unpaired) electrons. The van der Waals surface area contributed by atoms with E-state index in [1.807, 2.05) is 13.0 Å². The average Bonchev–Trinajstić information content (AvgIpc) is 2.34.